The summed E-state index contributed by atoms with van der Waals surface area (Å²) in [6.45, 7) is 1.83. The van der Waals surface area contributed by atoms with E-state index in [1.54, 1.807) is 18.5 Å². The average Bonchev–Trinajstić information content (AvgIpc) is 2.81. The van der Waals surface area contributed by atoms with E-state index in [-0.39, 0.29) is 11.7 Å². The third kappa shape index (κ3) is 3.58. The lowest BCUT2D eigenvalue weighted by Crippen LogP contribution is -2.17. The minimum absolute atomic E-state index is 0.202. The number of nitrogens with zero attached hydrogens (tertiary/aromatic N) is 3. The number of halogens is 1. The van der Waals surface area contributed by atoms with Gasteiger partial charge in [0, 0.05) is 24.9 Å². The van der Waals surface area contributed by atoms with Gasteiger partial charge in [-0.15, -0.1) is 0 Å². The van der Waals surface area contributed by atoms with Gasteiger partial charge in [0.15, 0.2) is 0 Å². The quantitative estimate of drug-likeness (QED) is 0.703. The Bertz CT molecular complexity index is 884. The van der Waals surface area contributed by atoms with Gasteiger partial charge >= 0.3 is 6.01 Å². The summed E-state index contributed by atoms with van der Waals surface area (Å²) in [7, 11) is 2.12. The zero-order chi connectivity index (χ0) is 17.9. The van der Waals surface area contributed by atoms with Crippen molar-refractivity contribution in [3.8, 4) is 11.8 Å². The molecular formula is C21H20FN3O. The van der Waals surface area contributed by atoms with Gasteiger partial charge in [-0.2, -0.15) is 0 Å². The Morgan fingerprint density at radius 3 is 2.62 bits per heavy atom. The number of hydrogen-bond donors (Lipinski definition) is 0. The molecule has 2 heterocycles. The van der Waals surface area contributed by atoms with Gasteiger partial charge in [0.25, 0.3) is 0 Å². The number of hydrogen-bond acceptors (Lipinski definition) is 4. The topological polar surface area (TPSA) is 38.2 Å². The van der Waals surface area contributed by atoms with Gasteiger partial charge in [0.05, 0.1) is 0 Å². The number of ether oxygens (including phenoxy) is 1. The summed E-state index contributed by atoms with van der Waals surface area (Å²) in [5, 5.41) is 0. The molecule has 132 valence electrons. The summed E-state index contributed by atoms with van der Waals surface area (Å²) in [6.07, 6.45) is 4.31. The van der Waals surface area contributed by atoms with Crippen LogP contribution in [0.2, 0.25) is 0 Å². The lowest BCUT2D eigenvalue weighted by molar-refractivity contribution is 0.328. The van der Waals surface area contributed by atoms with E-state index in [0.29, 0.717) is 6.01 Å². The van der Waals surface area contributed by atoms with Gasteiger partial charge in [0.2, 0.25) is 0 Å². The van der Waals surface area contributed by atoms with Crippen LogP contribution < -0.4 is 4.74 Å². The highest BCUT2D eigenvalue weighted by Gasteiger charge is 2.23. The standard InChI is InChI=1S/C21H20FN3O/c1-25-12-9-20(15-3-5-17(22)6-4-15)19-8-7-18(13-16(19)14-25)26-21-23-10-2-11-24-21/h2-8,10-11,13,20H,9,12,14H2,1H3. The molecule has 0 saturated heterocycles. The molecule has 3 aromatic rings. The number of fused-ring (bicyclic) bond motifs is 1. The molecule has 1 unspecified atom stereocenters. The van der Waals surface area contributed by atoms with Gasteiger partial charge in [-0.05, 0) is 67.0 Å². The van der Waals surface area contributed by atoms with Crippen LogP contribution in [0, 0.1) is 5.82 Å². The molecule has 5 heteroatoms. The first-order chi connectivity index (χ1) is 12.7. The SMILES string of the molecule is CN1CCC(c2ccc(F)cc2)c2ccc(Oc3ncccn3)cc2C1. The average molecular weight is 349 g/mol. The van der Waals surface area contributed by atoms with E-state index >= 15 is 0 Å². The molecule has 1 aliphatic rings. The van der Waals surface area contributed by atoms with Crippen molar-refractivity contribution in [2.45, 2.75) is 18.9 Å². The number of rotatable bonds is 3. The molecule has 0 fully saturated rings. The molecule has 1 aliphatic heterocycles. The Labute approximate surface area is 152 Å². The number of aromatic nitrogens is 2. The molecule has 2 aromatic carbocycles. The lowest BCUT2D eigenvalue weighted by atomic mass is 9.86. The van der Waals surface area contributed by atoms with Crippen molar-refractivity contribution in [2.75, 3.05) is 13.6 Å². The molecule has 4 nitrogen and oxygen atoms in total. The third-order valence-corrected chi connectivity index (χ3v) is 4.75. The first kappa shape index (κ1) is 16.7. The van der Waals surface area contributed by atoms with E-state index in [9.17, 15) is 4.39 Å². The highest BCUT2D eigenvalue weighted by Crippen LogP contribution is 2.36. The van der Waals surface area contributed by atoms with Crippen LogP contribution in [0.25, 0.3) is 0 Å². The van der Waals surface area contributed by atoms with Crippen molar-refractivity contribution in [1.82, 2.24) is 14.9 Å². The van der Waals surface area contributed by atoms with Gasteiger partial charge in [-0.25, -0.2) is 14.4 Å². The Balaban J connectivity index is 1.68. The Kier molecular flexibility index (Phi) is 4.63. The summed E-state index contributed by atoms with van der Waals surface area (Å²) in [5.74, 6) is 0.770. The van der Waals surface area contributed by atoms with Crippen LogP contribution >= 0.6 is 0 Å². The molecule has 0 spiro atoms. The minimum Gasteiger partial charge on any atom is -0.424 e. The maximum absolute atomic E-state index is 13.3. The molecule has 1 atom stereocenters. The second-order valence-corrected chi connectivity index (χ2v) is 6.62. The summed E-state index contributed by atoms with van der Waals surface area (Å²) in [6, 6.07) is 15.1. The fraction of sp³-hybridized carbons (Fsp3) is 0.238. The molecule has 4 rings (SSSR count). The van der Waals surface area contributed by atoms with E-state index in [0.717, 1.165) is 30.8 Å². The van der Waals surface area contributed by atoms with Gasteiger partial charge < -0.3 is 9.64 Å². The molecule has 0 saturated carbocycles. The first-order valence-corrected chi connectivity index (χ1v) is 8.71. The summed E-state index contributed by atoms with van der Waals surface area (Å²) >= 11 is 0. The summed E-state index contributed by atoms with van der Waals surface area (Å²) in [5.41, 5.74) is 3.62. The molecule has 0 aliphatic carbocycles. The van der Waals surface area contributed by atoms with Crippen molar-refractivity contribution >= 4 is 0 Å². The molecule has 0 amide bonds. The maximum Gasteiger partial charge on any atom is 0.321 e. The smallest absolute Gasteiger partial charge is 0.321 e. The van der Waals surface area contributed by atoms with Crippen LogP contribution in [0.3, 0.4) is 0 Å². The number of benzene rings is 2. The molecule has 0 bridgehead atoms. The molecular weight excluding hydrogens is 329 g/mol. The van der Waals surface area contributed by atoms with E-state index in [4.69, 9.17) is 4.74 Å². The van der Waals surface area contributed by atoms with Crippen molar-refractivity contribution in [3.05, 3.63) is 83.4 Å². The van der Waals surface area contributed by atoms with E-state index in [1.165, 1.54) is 23.3 Å². The van der Waals surface area contributed by atoms with Crippen molar-refractivity contribution < 1.29 is 9.13 Å². The Morgan fingerprint density at radius 2 is 1.85 bits per heavy atom. The second kappa shape index (κ2) is 7.22. The normalized spacial score (nSPS) is 17.4. The van der Waals surface area contributed by atoms with E-state index < -0.39 is 0 Å². The minimum atomic E-state index is -0.202. The fourth-order valence-electron chi connectivity index (χ4n) is 3.48. The summed E-state index contributed by atoms with van der Waals surface area (Å²) < 4.78 is 19.1. The van der Waals surface area contributed by atoms with Crippen LogP contribution in [-0.4, -0.2) is 28.5 Å². The van der Waals surface area contributed by atoms with Crippen LogP contribution in [0.1, 0.15) is 29.0 Å². The van der Waals surface area contributed by atoms with Gasteiger partial charge in [-0.3, -0.25) is 0 Å². The lowest BCUT2D eigenvalue weighted by Gasteiger charge is -2.18. The van der Waals surface area contributed by atoms with Crippen molar-refractivity contribution in [1.29, 1.82) is 0 Å². The molecule has 26 heavy (non-hydrogen) atoms. The van der Waals surface area contributed by atoms with Crippen molar-refractivity contribution in [2.24, 2.45) is 0 Å². The monoisotopic (exact) mass is 349 g/mol. The zero-order valence-electron chi connectivity index (χ0n) is 14.6. The Morgan fingerprint density at radius 1 is 1.08 bits per heavy atom. The highest BCUT2D eigenvalue weighted by molar-refractivity contribution is 5.43. The van der Waals surface area contributed by atoms with E-state index in [1.807, 2.05) is 18.2 Å². The largest absolute Gasteiger partial charge is 0.424 e. The zero-order valence-corrected chi connectivity index (χ0v) is 14.6. The van der Waals surface area contributed by atoms with Gasteiger partial charge in [0.1, 0.15) is 11.6 Å². The van der Waals surface area contributed by atoms with Gasteiger partial charge in [-0.1, -0.05) is 18.2 Å². The third-order valence-electron chi connectivity index (χ3n) is 4.75. The predicted octanol–water partition coefficient (Wildman–Crippen LogP) is 4.38. The first-order valence-electron chi connectivity index (χ1n) is 8.71. The van der Waals surface area contributed by atoms with Crippen LogP contribution in [0.4, 0.5) is 4.39 Å². The highest BCUT2D eigenvalue weighted by atomic mass is 19.1. The van der Waals surface area contributed by atoms with Crippen molar-refractivity contribution in [3.63, 3.8) is 0 Å². The summed E-state index contributed by atoms with van der Waals surface area (Å²) in [4.78, 5) is 10.5. The molecule has 0 N–H and O–H groups in total. The predicted molar refractivity (Wildman–Crippen MR) is 97.7 cm³/mol. The maximum atomic E-state index is 13.3. The molecule has 1 aromatic heterocycles. The second-order valence-electron chi connectivity index (χ2n) is 6.62. The fourth-order valence-corrected chi connectivity index (χ4v) is 3.48. The molecule has 0 radical (unpaired) electrons. The van der Waals surface area contributed by atoms with Crippen LogP contribution in [0.15, 0.2) is 60.9 Å². The van der Waals surface area contributed by atoms with Crippen LogP contribution in [-0.2, 0) is 6.54 Å². The van der Waals surface area contributed by atoms with E-state index in [2.05, 4.69) is 34.0 Å². The Hall–Kier alpha value is -2.79. The van der Waals surface area contributed by atoms with Crippen LogP contribution in [0.5, 0.6) is 11.8 Å².